The molecule has 0 radical (unpaired) electrons. The third kappa shape index (κ3) is 2.68. The molecular formula is C13H13NO3S. The zero-order valence-electron chi connectivity index (χ0n) is 9.84. The van der Waals surface area contributed by atoms with Gasteiger partial charge in [-0.3, -0.25) is 0 Å². The standard InChI is InChI=1S/C13H13NO3S/c1-8-6-9(2-3-11(8)14)18-7-12-10(13(15)16)4-5-17-12/h2-6H,7,14H2,1H3,(H,15,16). The number of carbonyl (C=O) groups is 1. The highest BCUT2D eigenvalue weighted by Gasteiger charge is 2.13. The normalized spacial score (nSPS) is 10.5. The van der Waals surface area contributed by atoms with Gasteiger partial charge >= 0.3 is 5.97 Å². The summed E-state index contributed by atoms with van der Waals surface area (Å²) in [6, 6.07) is 7.20. The SMILES string of the molecule is Cc1cc(SCc2occc2C(=O)O)ccc1N. The van der Waals surface area contributed by atoms with Crippen LogP contribution in [0.25, 0.3) is 0 Å². The molecule has 0 atom stereocenters. The molecule has 0 saturated carbocycles. The van der Waals surface area contributed by atoms with Crippen molar-refractivity contribution in [2.24, 2.45) is 0 Å². The molecule has 0 unspecified atom stereocenters. The zero-order chi connectivity index (χ0) is 13.1. The van der Waals surface area contributed by atoms with Crippen LogP contribution in [0.15, 0.2) is 39.8 Å². The third-order valence-corrected chi connectivity index (χ3v) is 3.58. The Bertz CT molecular complexity index is 577. The highest BCUT2D eigenvalue weighted by atomic mass is 32.2. The summed E-state index contributed by atoms with van der Waals surface area (Å²) in [5.41, 5.74) is 7.72. The largest absolute Gasteiger partial charge is 0.478 e. The molecule has 0 spiro atoms. The number of benzene rings is 1. The molecular weight excluding hydrogens is 250 g/mol. The number of aromatic carboxylic acids is 1. The molecule has 0 aliphatic carbocycles. The van der Waals surface area contributed by atoms with Crippen molar-refractivity contribution in [2.75, 3.05) is 5.73 Å². The minimum atomic E-state index is -0.965. The number of hydrogen-bond acceptors (Lipinski definition) is 4. The Morgan fingerprint density at radius 2 is 2.22 bits per heavy atom. The summed E-state index contributed by atoms with van der Waals surface area (Å²) in [5, 5.41) is 8.95. The molecule has 0 saturated heterocycles. The van der Waals surface area contributed by atoms with Crippen LogP contribution in [0.3, 0.4) is 0 Å². The van der Waals surface area contributed by atoms with Gasteiger partial charge in [0, 0.05) is 10.6 Å². The summed E-state index contributed by atoms with van der Waals surface area (Å²) in [6.45, 7) is 1.94. The molecule has 5 heteroatoms. The molecule has 0 bridgehead atoms. The molecule has 3 N–H and O–H groups in total. The van der Waals surface area contributed by atoms with Crippen LogP contribution >= 0.6 is 11.8 Å². The maximum atomic E-state index is 10.9. The van der Waals surface area contributed by atoms with Crippen LogP contribution in [0, 0.1) is 6.92 Å². The van der Waals surface area contributed by atoms with Crippen LogP contribution < -0.4 is 5.73 Å². The number of rotatable bonds is 4. The number of aryl methyl sites for hydroxylation is 1. The van der Waals surface area contributed by atoms with E-state index in [1.807, 2.05) is 25.1 Å². The van der Waals surface area contributed by atoms with Crippen LogP contribution in [-0.2, 0) is 5.75 Å². The molecule has 18 heavy (non-hydrogen) atoms. The minimum Gasteiger partial charge on any atom is -0.478 e. The van der Waals surface area contributed by atoms with Gasteiger partial charge in [0.2, 0.25) is 0 Å². The summed E-state index contributed by atoms with van der Waals surface area (Å²) in [7, 11) is 0. The van der Waals surface area contributed by atoms with Crippen LogP contribution in [0.2, 0.25) is 0 Å². The van der Waals surface area contributed by atoms with Gasteiger partial charge in [0.1, 0.15) is 11.3 Å². The zero-order valence-corrected chi connectivity index (χ0v) is 10.7. The first-order valence-electron chi connectivity index (χ1n) is 5.36. The number of carboxylic acids is 1. The first-order chi connectivity index (χ1) is 8.58. The van der Waals surface area contributed by atoms with Gasteiger partial charge in [0.25, 0.3) is 0 Å². The number of hydrogen-bond donors (Lipinski definition) is 2. The molecule has 94 valence electrons. The summed E-state index contributed by atoms with van der Waals surface area (Å²) in [6.07, 6.45) is 1.40. The summed E-state index contributed by atoms with van der Waals surface area (Å²) in [4.78, 5) is 11.9. The first kappa shape index (κ1) is 12.6. The van der Waals surface area contributed by atoms with Crippen LogP contribution in [0.5, 0.6) is 0 Å². The second-order valence-electron chi connectivity index (χ2n) is 3.87. The lowest BCUT2D eigenvalue weighted by Crippen LogP contribution is -1.97. The van der Waals surface area contributed by atoms with Gasteiger partial charge in [0.05, 0.1) is 12.0 Å². The second-order valence-corrected chi connectivity index (χ2v) is 4.92. The Kier molecular flexibility index (Phi) is 3.62. The van der Waals surface area contributed by atoms with E-state index in [0.717, 1.165) is 16.1 Å². The Labute approximate surface area is 109 Å². The van der Waals surface area contributed by atoms with E-state index < -0.39 is 5.97 Å². The molecule has 0 amide bonds. The average molecular weight is 263 g/mol. The maximum Gasteiger partial charge on any atom is 0.339 e. The molecule has 0 aliphatic rings. The van der Waals surface area contributed by atoms with Crippen molar-refractivity contribution in [2.45, 2.75) is 17.6 Å². The summed E-state index contributed by atoms with van der Waals surface area (Å²) in [5.74, 6) is -0.00679. The first-order valence-corrected chi connectivity index (χ1v) is 6.35. The predicted octanol–water partition coefficient (Wildman–Crippen LogP) is 3.16. The van der Waals surface area contributed by atoms with Gasteiger partial charge in [-0.25, -0.2) is 4.79 Å². The molecule has 1 aromatic heterocycles. The Balaban J connectivity index is 2.09. The Morgan fingerprint density at radius 1 is 1.44 bits per heavy atom. The lowest BCUT2D eigenvalue weighted by molar-refractivity contribution is 0.0695. The third-order valence-electron chi connectivity index (χ3n) is 2.59. The average Bonchev–Trinajstić information content (AvgIpc) is 2.79. The quantitative estimate of drug-likeness (QED) is 0.654. The Hall–Kier alpha value is -1.88. The van der Waals surface area contributed by atoms with Gasteiger partial charge in [-0.15, -0.1) is 11.8 Å². The molecule has 2 aromatic rings. The summed E-state index contributed by atoms with van der Waals surface area (Å²) < 4.78 is 5.18. The van der Waals surface area contributed by atoms with E-state index in [-0.39, 0.29) is 5.56 Å². The van der Waals surface area contributed by atoms with Crippen molar-refractivity contribution >= 4 is 23.4 Å². The lowest BCUT2D eigenvalue weighted by Gasteiger charge is -2.04. The predicted molar refractivity (Wildman–Crippen MR) is 70.8 cm³/mol. The Morgan fingerprint density at radius 3 is 2.89 bits per heavy atom. The van der Waals surface area contributed by atoms with E-state index in [2.05, 4.69) is 0 Å². The van der Waals surface area contributed by atoms with Crippen molar-refractivity contribution < 1.29 is 14.3 Å². The molecule has 0 aliphatic heterocycles. The van der Waals surface area contributed by atoms with E-state index >= 15 is 0 Å². The van der Waals surface area contributed by atoms with Gasteiger partial charge < -0.3 is 15.3 Å². The fraction of sp³-hybridized carbons (Fsp3) is 0.154. The van der Waals surface area contributed by atoms with Crippen molar-refractivity contribution in [3.05, 3.63) is 47.4 Å². The second kappa shape index (κ2) is 5.18. The van der Waals surface area contributed by atoms with Crippen LogP contribution in [0.4, 0.5) is 5.69 Å². The molecule has 1 heterocycles. The van der Waals surface area contributed by atoms with Crippen molar-refractivity contribution in [3.8, 4) is 0 Å². The molecule has 2 rings (SSSR count). The topological polar surface area (TPSA) is 76.5 Å². The van der Waals surface area contributed by atoms with Crippen LogP contribution in [0.1, 0.15) is 21.7 Å². The van der Waals surface area contributed by atoms with Crippen molar-refractivity contribution in [1.29, 1.82) is 0 Å². The monoisotopic (exact) mass is 263 g/mol. The smallest absolute Gasteiger partial charge is 0.339 e. The number of nitrogen functional groups attached to an aromatic ring is 1. The van der Waals surface area contributed by atoms with Crippen molar-refractivity contribution in [1.82, 2.24) is 0 Å². The van der Waals surface area contributed by atoms with Crippen molar-refractivity contribution in [3.63, 3.8) is 0 Å². The number of anilines is 1. The number of carboxylic acid groups (broad SMARTS) is 1. The van der Waals surface area contributed by atoms with E-state index in [0.29, 0.717) is 11.5 Å². The number of nitrogens with two attached hydrogens (primary N) is 1. The molecule has 4 nitrogen and oxygen atoms in total. The lowest BCUT2D eigenvalue weighted by atomic mass is 10.2. The summed E-state index contributed by atoms with van der Waals surface area (Å²) >= 11 is 1.52. The fourth-order valence-electron chi connectivity index (χ4n) is 1.53. The van der Waals surface area contributed by atoms with Gasteiger partial charge in [-0.2, -0.15) is 0 Å². The van der Waals surface area contributed by atoms with Gasteiger partial charge in [-0.1, -0.05) is 0 Å². The maximum absolute atomic E-state index is 10.9. The minimum absolute atomic E-state index is 0.217. The molecule has 0 fully saturated rings. The van der Waals surface area contributed by atoms with E-state index in [4.69, 9.17) is 15.3 Å². The van der Waals surface area contributed by atoms with E-state index in [1.54, 1.807) is 0 Å². The van der Waals surface area contributed by atoms with E-state index in [1.165, 1.54) is 24.1 Å². The number of thioether (sulfide) groups is 1. The molecule has 1 aromatic carbocycles. The highest BCUT2D eigenvalue weighted by molar-refractivity contribution is 7.98. The van der Waals surface area contributed by atoms with Crippen LogP contribution in [-0.4, -0.2) is 11.1 Å². The fourth-order valence-corrected chi connectivity index (χ4v) is 2.48. The highest BCUT2D eigenvalue weighted by Crippen LogP contribution is 2.27. The van der Waals surface area contributed by atoms with E-state index in [9.17, 15) is 4.79 Å². The van der Waals surface area contributed by atoms with Gasteiger partial charge in [0.15, 0.2) is 0 Å². The number of furan rings is 1. The van der Waals surface area contributed by atoms with Gasteiger partial charge in [-0.05, 0) is 36.8 Å².